The summed E-state index contributed by atoms with van der Waals surface area (Å²) in [6.07, 6.45) is 0. The number of nitrogens with zero attached hydrogens (tertiary/aromatic N) is 1. The number of oxazole rings is 1. The number of nitrogens with one attached hydrogen (secondary N) is 1. The molecule has 0 spiro atoms. The average Bonchev–Trinajstić information content (AvgIpc) is 2.68. The molecule has 0 aliphatic carbocycles. The lowest BCUT2D eigenvalue weighted by Gasteiger charge is -2.21. The van der Waals surface area contributed by atoms with Crippen molar-refractivity contribution in [1.29, 1.82) is 0 Å². The van der Waals surface area contributed by atoms with Crippen molar-refractivity contribution in [2.24, 2.45) is 0 Å². The Kier molecular flexibility index (Phi) is 5.17. The molecule has 0 saturated heterocycles. The van der Waals surface area contributed by atoms with Gasteiger partial charge in [-0.25, -0.2) is 4.98 Å². The molecule has 1 N–H and O–H groups in total. The van der Waals surface area contributed by atoms with Crippen LogP contribution in [0.1, 0.15) is 37.8 Å². The van der Waals surface area contributed by atoms with Crippen LogP contribution in [-0.4, -0.2) is 10.5 Å². The van der Waals surface area contributed by atoms with Gasteiger partial charge >= 0.3 is 0 Å². The molecular formula is C16H21BrN2OS. The van der Waals surface area contributed by atoms with Crippen molar-refractivity contribution in [1.82, 2.24) is 10.3 Å². The fourth-order valence-electron chi connectivity index (χ4n) is 1.73. The minimum Gasteiger partial charge on any atom is -0.436 e. The van der Waals surface area contributed by atoms with Gasteiger partial charge in [-0.2, -0.15) is 0 Å². The Hall–Kier alpha value is -0.780. The highest BCUT2D eigenvalue weighted by molar-refractivity contribution is 9.10. The standard InChI is InChI=1S/C16H21BrN2OS/c1-10-11(2)20-15(19-10)21-14-7-6-13(17)8-12(14)9-18-16(3,4)5/h6-8,18H,9H2,1-5H3. The summed E-state index contributed by atoms with van der Waals surface area (Å²) in [5.74, 6) is 0.879. The van der Waals surface area contributed by atoms with Crippen molar-refractivity contribution < 1.29 is 4.42 Å². The van der Waals surface area contributed by atoms with E-state index in [1.54, 1.807) is 11.8 Å². The summed E-state index contributed by atoms with van der Waals surface area (Å²) in [7, 11) is 0. The van der Waals surface area contributed by atoms with Crippen LogP contribution in [-0.2, 0) is 6.54 Å². The molecule has 2 aromatic rings. The topological polar surface area (TPSA) is 38.1 Å². The third-order valence-corrected chi connectivity index (χ3v) is 4.50. The van der Waals surface area contributed by atoms with E-state index in [4.69, 9.17) is 4.42 Å². The lowest BCUT2D eigenvalue weighted by molar-refractivity contribution is 0.421. The van der Waals surface area contributed by atoms with E-state index in [0.717, 1.165) is 27.4 Å². The van der Waals surface area contributed by atoms with Crippen LogP contribution in [0, 0.1) is 13.8 Å². The number of benzene rings is 1. The normalized spacial score (nSPS) is 11.9. The Morgan fingerprint density at radius 3 is 2.57 bits per heavy atom. The fraction of sp³-hybridized carbons (Fsp3) is 0.438. The predicted molar refractivity (Wildman–Crippen MR) is 90.8 cm³/mol. The summed E-state index contributed by atoms with van der Waals surface area (Å²) in [6, 6.07) is 6.29. The molecule has 0 unspecified atom stereocenters. The smallest absolute Gasteiger partial charge is 0.261 e. The van der Waals surface area contributed by atoms with Crippen LogP contribution < -0.4 is 5.32 Å². The van der Waals surface area contributed by atoms with E-state index in [1.807, 2.05) is 19.9 Å². The second kappa shape index (κ2) is 6.55. The molecule has 0 atom stereocenters. The third-order valence-electron chi connectivity index (χ3n) is 3.04. The van der Waals surface area contributed by atoms with Gasteiger partial charge in [0.25, 0.3) is 5.22 Å². The number of halogens is 1. The molecule has 0 amide bonds. The summed E-state index contributed by atoms with van der Waals surface area (Å²) < 4.78 is 6.75. The minimum absolute atomic E-state index is 0.0837. The second-order valence-corrected chi connectivity index (χ2v) is 7.99. The summed E-state index contributed by atoms with van der Waals surface area (Å²) in [6.45, 7) is 11.2. The highest BCUT2D eigenvalue weighted by Gasteiger charge is 2.14. The molecule has 114 valence electrons. The van der Waals surface area contributed by atoms with Crippen LogP contribution in [0.3, 0.4) is 0 Å². The van der Waals surface area contributed by atoms with Crippen LogP contribution in [0.5, 0.6) is 0 Å². The van der Waals surface area contributed by atoms with Gasteiger partial charge in [0.05, 0.1) is 5.69 Å². The van der Waals surface area contributed by atoms with Crippen LogP contribution >= 0.6 is 27.7 Å². The summed E-state index contributed by atoms with van der Waals surface area (Å²) in [5.41, 5.74) is 2.27. The third kappa shape index (κ3) is 4.87. The molecule has 21 heavy (non-hydrogen) atoms. The van der Waals surface area contributed by atoms with E-state index in [-0.39, 0.29) is 5.54 Å². The van der Waals surface area contributed by atoms with Crippen molar-refractivity contribution in [3.63, 3.8) is 0 Å². The van der Waals surface area contributed by atoms with Gasteiger partial charge in [-0.15, -0.1) is 0 Å². The Morgan fingerprint density at radius 2 is 2.00 bits per heavy atom. The molecule has 0 aliphatic heterocycles. The number of aromatic nitrogens is 1. The zero-order valence-electron chi connectivity index (χ0n) is 13.1. The highest BCUT2D eigenvalue weighted by atomic mass is 79.9. The number of hydrogen-bond donors (Lipinski definition) is 1. The lowest BCUT2D eigenvalue weighted by atomic mass is 10.1. The zero-order valence-corrected chi connectivity index (χ0v) is 15.5. The molecule has 1 heterocycles. The number of rotatable bonds is 4. The van der Waals surface area contributed by atoms with E-state index in [2.05, 4.69) is 59.1 Å². The molecule has 2 rings (SSSR count). The van der Waals surface area contributed by atoms with Crippen molar-refractivity contribution in [3.8, 4) is 0 Å². The first kappa shape index (κ1) is 16.6. The monoisotopic (exact) mass is 368 g/mol. The maximum atomic E-state index is 5.67. The summed E-state index contributed by atoms with van der Waals surface area (Å²) in [5, 5.41) is 4.22. The maximum Gasteiger partial charge on any atom is 0.261 e. The molecule has 0 bridgehead atoms. The molecular weight excluding hydrogens is 348 g/mol. The largest absolute Gasteiger partial charge is 0.436 e. The fourth-order valence-corrected chi connectivity index (χ4v) is 3.07. The van der Waals surface area contributed by atoms with Gasteiger partial charge in [0.1, 0.15) is 5.76 Å². The summed E-state index contributed by atoms with van der Waals surface area (Å²) >= 11 is 5.11. The molecule has 1 aromatic carbocycles. The highest BCUT2D eigenvalue weighted by Crippen LogP contribution is 2.32. The van der Waals surface area contributed by atoms with Gasteiger partial charge in [0, 0.05) is 21.5 Å². The van der Waals surface area contributed by atoms with Crippen LogP contribution in [0.25, 0.3) is 0 Å². The quantitative estimate of drug-likeness (QED) is 0.814. The van der Waals surface area contributed by atoms with Crippen molar-refractivity contribution >= 4 is 27.7 Å². The first-order valence-corrected chi connectivity index (χ1v) is 8.51. The Morgan fingerprint density at radius 1 is 1.29 bits per heavy atom. The van der Waals surface area contributed by atoms with E-state index < -0.39 is 0 Å². The van der Waals surface area contributed by atoms with Gasteiger partial charge in [-0.3, -0.25) is 0 Å². The van der Waals surface area contributed by atoms with Crippen molar-refractivity contribution in [2.75, 3.05) is 0 Å². The van der Waals surface area contributed by atoms with Gasteiger partial charge in [0.15, 0.2) is 0 Å². The zero-order chi connectivity index (χ0) is 15.6. The second-order valence-electron chi connectivity index (χ2n) is 6.08. The van der Waals surface area contributed by atoms with Crippen LogP contribution in [0.4, 0.5) is 0 Å². The van der Waals surface area contributed by atoms with Gasteiger partial charge in [-0.1, -0.05) is 15.9 Å². The van der Waals surface area contributed by atoms with Crippen molar-refractivity contribution in [2.45, 2.75) is 56.8 Å². The minimum atomic E-state index is 0.0837. The van der Waals surface area contributed by atoms with E-state index in [1.165, 1.54) is 5.56 Å². The molecule has 0 aliphatic rings. The average molecular weight is 369 g/mol. The van der Waals surface area contributed by atoms with E-state index >= 15 is 0 Å². The first-order valence-electron chi connectivity index (χ1n) is 6.90. The molecule has 3 nitrogen and oxygen atoms in total. The lowest BCUT2D eigenvalue weighted by Crippen LogP contribution is -2.35. The Bertz CT molecular complexity index is 612. The number of aryl methyl sites for hydroxylation is 2. The Balaban J connectivity index is 2.22. The van der Waals surface area contributed by atoms with Gasteiger partial charge in [-0.05, 0) is 70.1 Å². The predicted octanol–water partition coefficient (Wildman–Crippen LogP) is 5.09. The first-order chi connectivity index (χ1) is 9.74. The molecule has 0 saturated carbocycles. The number of hydrogen-bond acceptors (Lipinski definition) is 4. The van der Waals surface area contributed by atoms with Crippen LogP contribution in [0.2, 0.25) is 0 Å². The molecule has 0 fully saturated rings. The molecule has 0 radical (unpaired) electrons. The Labute approximate surface area is 139 Å². The van der Waals surface area contributed by atoms with Gasteiger partial charge in [0.2, 0.25) is 0 Å². The van der Waals surface area contributed by atoms with Crippen molar-refractivity contribution in [3.05, 3.63) is 39.7 Å². The van der Waals surface area contributed by atoms with Gasteiger partial charge < -0.3 is 9.73 Å². The van der Waals surface area contributed by atoms with E-state index in [0.29, 0.717) is 5.22 Å². The summed E-state index contributed by atoms with van der Waals surface area (Å²) in [4.78, 5) is 5.61. The SMILES string of the molecule is Cc1nc(Sc2ccc(Br)cc2CNC(C)(C)C)oc1C. The molecule has 5 heteroatoms. The van der Waals surface area contributed by atoms with E-state index in [9.17, 15) is 0 Å². The molecule has 1 aromatic heterocycles. The maximum absolute atomic E-state index is 5.67. The van der Waals surface area contributed by atoms with Crippen LogP contribution in [0.15, 0.2) is 37.2 Å².